The fraction of sp³-hybridized carbons (Fsp3) is 0.214. The highest BCUT2D eigenvalue weighted by molar-refractivity contribution is 5.93. The molecule has 0 atom stereocenters. The van der Waals surface area contributed by atoms with Crippen molar-refractivity contribution >= 4 is 11.6 Å². The number of carbonyl (C=O) groups excluding carboxylic acids is 1. The summed E-state index contributed by atoms with van der Waals surface area (Å²) in [6.07, 6.45) is 3.18. The first-order valence-corrected chi connectivity index (χ1v) is 6.15. The van der Waals surface area contributed by atoms with Gasteiger partial charge in [0, 0.05) is 44.8 Å². The maximum Gasteiger partial charge on any atom is 0.270 e. The summed E-state index contributed by atoms with van der Waals surface area (Å²) in [6, 6.07) is 6.65. The minimum atomic E-state index is -0.250. The molecule has 0 aliphatic heterocycles. The van der Waals surface area contributed by atoms with Gasteiger partial charge in [-0.1, -0.05) is 6.07 Å². The number of hydrogen-bond donors (Lipinski definition) is 2. The second kappa shape index (κ2) is 6.01. The zero-order chi connectivity index (χ0) is 14.5. The number of amides is 1. The zero-order valence-corrected chi connectivity index (χ0v) is 11.4. The van der Waals surface area contributed by atoms with Crippen LogP contribution in [0.1, 0.15) is 16.1 Å². The van der Waals surface area contributed by atoms with Crippen molar-refractivity contribution in [2.45, 2.75) is 6.54 Å². The van der Waals surface area contributed by atoms with Crippen LogP contribution in [-0.4, -0.2) is 30.0 Å². The Balaban J connectivity index is 2.03. The maximum atomic E-state index is 12.0. The van der Waals surface area contributed by atoms with Crippen LogP contribution in [0.2, 0.25) is 0 Å². The lowest BCUT2D eigenvalue weighted by atomic mass is 10.2. The van der Waals surface area contributed by atoms with Crippen molar-refractivity contribution < 1.29 is 4.79 Å². The second-order valence-electron chi connectivity index (χ2n) is 4.54. The molecule has 2 heterocycles. The smallest absolute Gasteiger partial charge is 0.270 e. The number of carbonyl (C=O) groups is 1. The van der Waals surface area contributed by atoms with Gasteiger partial charge < -0.3 is 15.2 Å². The zero-order valence-electron chi connectivity index (χ0n) is 11.4. The van der Waals surface area contributed by atoms with Gasteiger partial charge in [-0.05, 0) is 17.7 Å². The summed E-state index contributed by atoms with van der Waals surface area (Å²) in [5.41, 5.74) is 1.93. The predicted octanol–water partition coefficient (Wildman–Crippen LogP) is 0.766. The van der Waals surface area contributed by atoms with Crippen LogP contribution in [0.25, 0.3) is 0 Å². The topological polar surface area (TPSA) is 78.1 Å². The van der Waals surface area contributed by atoms with Gasteiger partial charge in [-0.2, -0.15) is 0 Å². The van der Waals surface area contributed by atoms with Crippen LogP contribution >= 0.6 is 0 Å². The van der Waals surface area contributed by atoms with E-state index in [4.69, 9.17) is 0 Å². The van der Waals surface area contributed by atoms with E-state index in [9.17, 15) is 9.59 Å². The summed E-state index contributed by atoms with van der Waals surface area (Å²) in [5.74, 6) is -0.250. The van der Waals surface area contributed by atoms with Crippen LogP contribution in [0, 0.1) is 0 Å². The monoisotopic (exact) mass is 272 g/mol. The Kier molecular flexibility index (Phi) is 4.14. The molecule has 1 amide bonds. The molecule has 2 N–H and O–H groups in total. The van der Waals surface area contributed by atoms with Crippen LogP contribution in [0.15, 0.2) is 41.5 Å². The average molecular weight is 272 g/mol. The number of pyridine rings is 2. The van der Waals surface area contributed by atoms with Gasteiger partial charge in [0.1, 0.15) is 5.69 Å². The van der Waals surface area contributed by atoms with Gasteiger partial charge in [0.25, 0.3) is 5.91 Å². The van der Waals surface area contributed by atoms with Crippen molar-refractivity contribution in [2.75, 3.05) is 19.0 Å². The molecule has 2 aromatic heterocycles. The molecule has 0 spiro atoms. The second-order valence-corrected chi connectivity index (χ2v) is 4.54. The quantitative estimate of drug-likeness (QED) is 0.861. The molecule has 2 rings (SSSR count). The number of aromatic amines is 1. The number of nitrogens with zero attached hydrogens (tertiary/aromatic N) is 2. The molecular weight excluding hydrogens is 256 g/mol. The van der Waals surface area contributed by atoms with E-state index in [1.807, 2.05) is 25.1 Å². The molecule has 20 heavy (non-hydrogen) atoms. The minimum absolute atomic E-state index is 0.166. The Morgan fingerprint density at radius 3 is 2.80 bits per heavy atom. The van der Waals surface area contributed by atoms with E-state index in [2.05, 4.69) is 15.3 Å². The normalized spacial score (nSPS) is 10.1. The SMILES string of the molecule is CN(C)c1ccnc(C(=O)NCc2ccc(=O)[nH]c2)c1. The highest BCUT2D eigenvalue weighted by Crippen LogP contribution is 2.10. The van der Waals surface area contributed by atoms with E-state index in [0.717, 1.165) is 11.3 Å². The summed E-state index contributed by atoms with van der Waals surface area (Å²) in [4.78, 5) is 31.4. The molecule has 2 aromatic rings. The summed E-state index contributed by atoms with van der Waals surface area (Å²) in [7, 11) is 3.80. The molecule has 0 unspecified atom stereocenters. The summed E-state index contributed by atoms with van der Waals surface area (Å²) in [6.45, 7) is 0.337. The third-order valence-corrected chi connectivity index (χ3v) is 2.79. The van der Waals surface area contributed by atoms with Gasteiger partial charge in [-0.3, -0.25) is 14.6 Å². The van der Waals surface area contributed by atoms with Crippen molar-refractivity contribution in [1.29, 1.82) is 0 Å². The lowest BCUT2D eigenvalue weighted by Gasteiger charge is -2.12. The van der Waals surface area contributed by atoms with E-state index >= 15 is 0 Å². The minimum Gasteiger partial charge on any atom is -0.378 e. The fourth-order valence-electron chi connectivity index (χ4n) is 1.65. The lowest BCUT2D eigenvalue weighted by molar-refractivity contribution is 0.0946. The van der Waals surface area contributed by atoms with Crippen LogP contribution < -0.4 is 15.8 Å². The standard InChI is InChI=1S/C14H16N4O2/c1-18(2)11-5-6-15-12(7-11)14(20)17-9-10-3-4-13(19)16-8-10/h3-8H,9H2,1-2H3,(H,16,19)(H,17,20). The summed E-state index contributed by atoms with van der Waals surface area (Å²) in [5, 5.41) is 2.76. The molecule has 0 aliphatic carbocycles. The summed E-state index contributed by atoms with van der Waals surface area (Å²) < 4.78 is 0. The molecule has 0 saturated carbocycles. The molecule has 6 nitrogen and oxygen atoms in total. The van der Waals surface area contributed by atoms with Crippen molar-refractivity contribution in [3.8, 4) is 0 Å². The van der Waals surface area contributed by atoms with Crippen LogP contribution in [0.3, 0.4) is 0 Å². The van der Waals surface area contributed by atoms with Crippen molar-refractivity contribution in [2.24, 2.45) is 0 Å². The summed E-state index contributed by atoms with van der Waals surface area (Å²) >= 11 is 0. The molecule has 0 saturated heterocycles. The van der Waals surface area contributed by atoms with Gasteiger partial charge in [-0.25, -0.2) is 0 Å². The molecule has 0 aromatic carbocycles. The van der Waals surface area contributed by atoms with Gasteiger partial charge >= 0.3 is 0 Å². The number of H-pyrrole nitrogens is 1. The Bertz CT molecular complexity index is 644. The van der Waals surface area contributed by atoms with Gasteiger partial charge in [0.05, 0.1) is 0 Å². The molecular formula is C14H16N4O2. The van der Waals surface area contributed by atoms with Crippen LogP contribution in [0.4, 0.5) is 5.69 Å². The number of hydrogen-bond acceptors (Lipinski definition) is 4. The van der Waals surface area contributed by atoms with Crippen LogP contribution in [-0.2, 0) is 6.54 Å². The molecule has 0 bridgehead atoms. The Morgan fingerprint density at radius 1 is 1.35 bits per heavy atom. The Hall–Kier alpha value is -2.63. The molecule has 0 radical (unpaired) electrons. The van der Waals surface area contributed by atoms with Gasteiger partial charge in [0.2, 0.25) is 5.56 Å². The van der Waals surface area contributed by atoms with Crippen molar-refractivity contribution in [3.63, 3.8) is 0 Å². The Morgan fingerprint density at radius 2 is 2.15 bits per heavy atom. The van der Waals surface area contributed by atoms with Gasteiger partial charge in [0.15, 0.2) is 0 Å². The predicted molar refractivity (Wildman–Crippen MR) is 76.8 cm³/mol. The molecule has 0 aliphatic rings. The van der Waals surface area contributed by atoms with E-state index < -0.39 is 0 Å². The highest BCUT2D eigenvalue weighted by Gasteiger charge is 2.08. The van der Waals surface area contributed by atoms with Crippen molar-refractivity contribution in [3.05, 3.63) is 58.3 Å². The lowest BCUT2D eigenvalue weighted by Crippen LogP contribution is -2.24. The maximum absolute atomic E-state index is 12.0. The third kappa shape index (κ3) is 3.44. The largest absolute Gasteiger partial charge is 0.378 e. The number of nitrogens with one attached hydrogen (secondary N) is 2. The third-order valence-electron chi connectivity index (χ3n) is 2.79. The first-order valence-electron chi connectivity index (χ1n) is 6.15. The van der Waals surface area contributed by atoms with E-state index in [1.54, 1.807) is 24.5 Å². The highest BCUT2D eigenvalue weighted by atomic mass is 16.1. The molecule has 6 heteroatoms. The first kappa shape index (κ1) is 13.8. The van der Waals surface area contributed by atoms with E-state index in [1.165, 1.54) is 6.07 Å². The van der Waals surface area contributed by atoms with Crippen LogP contribution in [0.5, 0.6) is 0 Å². The number of rotatable bonds is 4. The fourth-order valence-corrected chi connectivity index (χ4v) is 1.65. The van der Waals surface area contributed by atoms with Crippen molar-refractivity contribution in [1.82, 2.24) is 15.3 Å². The van der Waals surface area contributed by atoms with E-state index in [-0.39, 0.29) is 11.5 Å². The van der Waals surface area contributed by atoms with E-state index in [0.29, 0.717) is 12.2 Å². The Labute approximate surface area is 116 Å². The molecule has 0 fully saturated rings. The number of aromatic nitrogens is 2. The molecule has 104 valence electrons. The van der Waals surface area contributed by atoms with Gasteiger partial charge in [-0.15, -0.1) is 0 Å². The first-order chi connectivity index (χ1) is 9.56. The average Bonchev–Trinajstić information content (AvgIpc) is 2.46. The number of anilines is 1.